The van der Waals surface area contributed by atoms with Crippen LogP contribution in [-0.2, 0) is 0 Å². The van der Waals surface area contributed by atoms with E-state index in [-0.39, 0.29) is 5.02 Å². The second-order valence-electron chi connectivity index (χ2n) is 4.51. The fraction of sp³-hybridized carbons (Fsp3) is 0.133. The zero-order valence-corrected chi connectivity index (χ0v) is 11.9. The minimum Gasteiger partial charge on any atom is -0.308 e. The molecular weight excluding hydrogens is 279 g/mol. The Hall–Kier alpha value is -2.07. The van der Waals surface area contributed by atoms with Gasteiger partial charge in [0.25, 0.3) is 0 Å². The Morgan fingerprint density at radius 1 is 1.00 bits per heavy atom. The maximum Gasteiger partial charge on any atom is 0.323 e. The molecule has 20 heavy (non-hydrogen) atoms. The van der Waals surface area contributed by atoms with E-state index in [0.29, 0.717) is 11.4 Å². The summed E-state index contributed by atoms with van der Waals surface area (Å²) >= 11 is 5.65. The number of amides is 2. The third-order valence-corrected chi connectivity index (χ3v) is 3.23. The molecule has 2 N–H and O–H groups in total. The molecule has 2 rings (SSSR count). The van der Waals surface area contributed by atoms with Crippen molar-refractivity contribution in [2.24, 2.45) is 0 Å². The molecular formula is C15H14ClFN2O. The number of carbonyl (C=O) groups excluding carboxylic acids is 1. The van der Waals surface area contributed by atoms with Crippen molar-refractivity contribution < 1.29 is 9.18 Å². The SMILES string of the molecule is Cc1ccc(NC(=O)Nc2ccc(F)c(Cl)c2)cc1C. The van der Waals surface area contributed by atoms with Crippen molar-refractivity contribution in [2.75, 3.05) is 10.6 Å². The molecule has 0 fully saturated rings. The molecule has 0 spiro atoms. The lowest BCUT2D eigenvalue weighted by Gasteiger charge is -2.09. The Kier molecular flexibility index (Phi) is 4.25. The van der Waals surface area contributed by atoms with Crippen molar-refractivity contribution in [3.63, 3.8) is 0 Å². The molecule has 5 heteroatoms. The third kappa shape index (κ3) is 3.48. The lowest BCUT2D eigenvalue weighted by Crippen LogP contribution is -2.19. The first-order valence-electron chi connectivity index (χ1n) is 6.06. The highest BCUT2D eigenvalue weighted by atomic mass is 35.5. The van der Waals surface area contributed by atoms with Gasteiger partial charge < -0.3 is 10.6 Å². The first-order chi connectivity index (χ1) is 9.45. The molecule has 0 atom stereocenters. The number of urea groups is 1. The van der Waals surface area contributed by atoms with Crippen LogP contribution in [0.2, 0.25) is 5.02 Å². The molecule has 0 heterocycles. The minimum atomic E-state index is -0.521. The van der Waals surface area contributed by atoms with Gasteiger partial charge in [0.05, 0.1) is 5.02 Å². The van der Waals surface area contributed by atoms with E-state index in [0.717, 1.165) is 11.1 Å². The summed E-state index contributed by atoms with van der Waals surface area (Å²) in [7, 11) is 0. The number of halogens is 2. The maximum atomic E-state index is 13.0. The van der Waals surface area contributed by atoms with E-state index in [9.17, 15) is 9.18 Å². The number of aryl methyl sites for hydroxylation is 2. The van der Waals surface area contributed by atoms with Gasteiger partial charge >= 0.3 is 6.03 Å². The highest BCUT2D eigenvalue weighted by molar-refractivity contribution is 6.31. The fourth-order valence-corrected chi connectivity index (χ4v) is 1.87. The summed E-state index contributed by atoms with van der Waals surface area (Å²) in [5.41, 5.74) is 3.37. The van der Waals surface area contributed by atoms with Crippen LogP contribution in [0.3, 0.4) is 0 Å². The van der Waals surface area contributed by atoms with E-state index < -0.39 is 11.8 Å². The second-order valence-corrected chi connectivity index (χ2v) is 4.91. The highest BCUT2D eigenvalue weighted by Crippen LogP contribution is 2.20. The fourth-order valence-electron chi connectivity index (χ4n) is 1.69. The molecule has 2 amide bonds. The van der Waals surface area contributed by atoms with Crippen LogP contribution in [0.4, 0.5) is 20.6 Å². The Morgan fingerprint density at radius 2 is 1.60 bits per heavy atom. The monoisotopic (exact) mass is 292 g/mol. The van der Waals surface area contributed by atoms with Crippen molar-refractivity contribution in [2.45, 2.75) is 13.8 Å². The Bertz CT molecular complexity index is 603. The topological polar surface area (TPSA) is 41.1 Å². The predicted molar refractivity (Wildman–Crippen MR) is 80.0 cm³/mol. The molecule has 104 valence electrons. The number of benzene rings is 2. The predicted octanol–water partition coefficient (Wildman–Crippen LogP) is 4.74. The molecule has 0 bridgehead atoms. The summed E-state index contributed by atoms with van der Waals surface area (Å²) in [5.74, 6) is -0.521. The normalized spacial score (nSPS) is 10.2. The average molecular weight is 293 g/mol. The second kappa shape index (κ2) is 5.92. The largest absolute Gasteiger partial charge is 0.323 e. The molecule has 2 aromatic carbocycles. The van der Waals surface area contributed by atoms with E-state index in [1.54, 1.807) is 0 Å². The minimum absolute atomic E-state index is 0.0334. The first-order valence-corrected chi connectivity index (χ1v) is 6.44. The van der Waals surface area contributed by atoms with Gasteiger partial charge in [0.15, 0.2) is 0 Å². The zero-order valence-electron chi connectivity index (χ0n) is 11.1. The van der Waals surface area contributed by atoms with Gasteiger partial charge in [-0.25, -0.2) is 9.18 Å². The number of anilines is 2. The lowest BCUT2D eigenvalue weighted by molar-refractivity contribution is 0.262. The lowest BCUT2D eigenvalue weighted by atomic mass is 10.1. The van der Waals surface area contributed by atoms with Crippen LogP contribution in [0.1, 0.15) is 11.1 Å². The van der Waals surface area contributed by atoms with Crippen LogP contribution < -0.4 is 10.6 Å². The summed E-state index contributed by atoms with van der Waals surface area (Å²) in [6.07, 6.45) is 0. The number of rotatable bonds is 2. The number of nitrogens with one attached hydrogen (secondary N) is 2. The van der Waals surface area contributed by atoms with Crippen LogP contribution in [0.25, 0.3) is 0 Å². The number of hydrogen-bond donors (Lipinski definition) is 2. The summed E-state index contributed by atoms with van der Waals surface area (Å²) in [6.45, 7) is 3.97. The maximum absolute atomic E-state index is 13.0. The van der Waals surface area contributed by atoms with Gasteiger partial charge in [-0.2, -0.15) is 0 Å². The van der Waals surface area contributed by atoms with Crippen LogP contribution in [0.5, 0.6) is 0 Å². The average Bonchev–Trinajstić information content (AvgIpc) is 2.38. The molecule has 3 nitrogen and oxygen atoms in total. The van der Waals surface area contributed by atoms with E-state index in [1.165, 1.54) is 18.2 Å². The van der Waals surface area contributed by atoms with Gasteiger partial charge in [-0.1, -0.05) is 17.7 Å². The van der Waals surface area contributed by atoms with Crippen LogP contribution in [0.15, 0.2) is 36.4 Å². The summed E-state index contributed by atoms with van der Waals surface area (Å²) < 4.78 is 13.0. The molecule has 0 radical (unpaired) electrons. The first kappa shape index (κ1) is 14.3. The van der Waals surface area contributed by atoms with Gasteiger partial charge in [-0.3, -0.25) is 0 Å². The van der Waals surface area contributed by atoms with Crippen molar-refractivity contribution in [3.8, 4) is 0 Å². The van der Waals surface area contributed by atoms with Crippen LogP contribution in [-0.4, -0.2) is 6.03 Å². The molecule has 0 unspecified atom stereocenters. The quantitative estimate of drug-likeness (QED) is 0.824. The van der Waals surface area contributed by atoms with Gasteiger partial charge in [-0.05, 0) is 55.3 Å². The van der Waals surface area contributed by atoms with Crippen molar-refractivity contribution in [1.29, 1.82) is 0 Å². The molecule has 0 aliphatic rings. The van der Waals surface area contributed by atoms with Crippen molar-refractivity contribution in [3.05, 3.63) is 58.4 Å². The molecule has 2 aromatic rings. The van der Waals surface area contributed by atoms with E-state index >= 15 is 0 Å². The van der Waals surface area contributed by atoms with Crippen LogP contribution in [0, 0.1) is 19.7 Å². The standard InChI is InChI=1S/C15H14ClFN2O/c1-9-3-4-11(7-10(9)2)18-15(20)19-12-5-6-14(17)13(16)8-12/h3-8H,1-2H3,(H2,18,19,20). The van der Waals surface area contributed by atoms with Gasteiger partial charge in [0, 0.05) is 11.4 Å². The Balaban J connectivity index is 2.04. The Labute approximate surface area is 121 Å². The van der Waals surface area contributed by atoms with E-state index in [2.05, 4.69) is 10.6 Å². The summed E-state index contributed by atoms with van der Waals surface area (Å²) in [6, 6.07) is 9.23. The highest BCUT2D eigenvalue weighted by Gasteiger charge is 2.06. The molecule has 0 saturated carbocycles. The van der Waals surface area contributed by atoms with Crippen molar-refractivity contribution in [1.82, 2.24) is 0 Å². The number of carbonyl (C=O) groups is 1. The smallest absolute Gasteiger partial charge is 0.308 e. The molecule has 0 aromatic heterocycles. The van der Waals surface area contributed by atoms with E-state index in [1.807, 2.05) is 32.0 Å². The van der Waals surface area contributed by atoms with Gasteiger partial charge in [0.1, 0.15) is 5.82 Å². The molecule has 0 aliphatic carbocycles. The Morgan fingerprint density at radius 3 is 2.20 bits per heavy atom. The van der Waals surface area contributed by atoms with Gasteiger partial charge in [0.2, 0.25) is 0 Å². The summed E-state index contributed by atoms with van der Waals surface area (Å²) in [4.78, 5) is 11.8. The van der Waals surface area contributed by atoms with Gasteiger partial charge in [-0.15, -0.1) is 0 Å². The van der Waals surface area contributed by atoms with Crippen LogP contribution >= 0.6 is 11.6 Å². The number of hydrogen-bond acceptors (Lipinski definition) is 1. The molecule has 0 aliphatic heterocycles. The summed E-state index contributed by atoms with van der Waals surface area (Å²) in [5, 5.41) is 5.26. The van der Waals surface area contributed by atoms with Crippen molar-refractivity contribution >= 4 is 29.0 Å². The third-order valence-electron chi connectivity index (χ3n) is 2.94. The van der Waals surface area contributed by atoms with E-state index in [4.69, 9.17) is 11.6 Å². The zero-order chi connectivity index (χ0) is 14.7. The molecule has 0 saturated heterocycles.